The summed E-state index contributed by atoms with van der Waals surface area (Å²) in [6.07, 6.45) is 0. The fourth-order valence-electron chi connectivity index (χ4n) is 0. The van der Waals surface area contributed by atoms with E-state index in [0.717, 1.165) is 0 Å². The van der Waals surface area contributed by atoms with Crippen molar-refractivity contribution in [1.29, 1.82) is 0 Å². The third-order valence-electron chi connectivity index (χ3n) is 0. The molecule has 2 radical (unpaired) electrons. The topological polar surface area (TPSA) is 252 Å². The van der Waals surface area contributed by atoms with Crippen LogP contribution in [0.2, 0.25) is 0 Å². The Bertz CT molecular complexity index is 9.22. The number of rotatable bonds is 0. The van der Waals surface area contributed by atoms with Crippen molar-refractivity contribution >= 4 is 0 Å². The number of hydrogen-bond acceptors (Lipinski definition) is 0. The minimum atomic E-state index is 0. The molecule has 0 heterocycles. The van der Waals surface area contributed by atoms with E-state index in [1.54, 1.807) is 0 Å². The molecule has 0 saturated heterocycles. The van der Waals surface area contributed by atoms with Gasteiger partial charge in [-0.2, -0.15) is 0 Å². The summed E-state index contributed by atoms with van der Waals surface area (Å²) >= 11 is 0. The van der Waals surface area contributed by atoms with Crippen LogP contribution in [0.15, 0.2) is 0 Å². The van der Waals surface area contributed by atoms with E-state index in [9.17, 15) is 0 Å². The Morgan fingerprint density at radius 3 is 0.300 bits per heavy atom. The molecular formula is H16CoMnO8. The average molecular weight is 258 g/mol. The molecule has 0 spiro atoms. The Morgan fingerprint density at radius 2 is 0.300 bits per heavy atom. The van der Waals surface area contributed by atoms with E-state index in [1.165, 1.54) is 0 Å². The minimum Gasteiger partial charge on any atom is -0.412 e. The van der Waals surface area contributed by atoms with Crippen LogP contribution in [-0.4, -0.2) is 43.8 Å². The molecule has 0 aromatic rings. The zero-order valence-corrected chi connectivity index (χ0v) is 6.93. The SMILES string of the molecule is O.O.O.O.O.O.O.O.[Co].[Mn]. The van der Waals surface area contributed by atoms with Crippen molar-refractivity contribution in [3.8, 4) is 0 Å². The van der Waals surface area contributed by atoms with E-state index in [-0.39, 0.29) is 77.7 Å². The molecule has 0 aliphatic heterocycles. The standard InChI is InChI=1S/Co.Mn.8H2O/h;;8*1H2. The summed E-state index contributed by atoms with van der Waals surface area (Å²) < 4.78 is 0. The molecule has 0 unspecified atom stereocenters. The van der Waals surface area contributed by atoms with E-state index < -0.39 is 0 Å². The second-order valence-corrected chi connectivity index (χ2v) is 0. The molecule has 0 rings (SSSR count). The summed E-state index contributed by atoms with van der Waals surface area (Å²) in [4.78, 5) is 0. The molecule has 0 bridgehead atoms. The van der Waals surface area contributed by atoms with Crippen LogP contribution in [-0.2, 0) is 33.8 Å². The summed E-state index contributed by atoms with van der Waals surface area (Å²) in [5.41, 5.74) is 0. The van der Waals surface area contributed by atoms with Crippen LogP contribution < -0.4 is 0 Å². The smallest absolute Gasteiger partial charge is 0 e. The van der Waals surface area contributed by atoms with E-state index in [2.05, 4.69) is 0 Å². The molecule has 10 heavy (non-hydrogen) atoms. The van der Waals surface area contributed by atoms with E-state index in [0.29, 0.717) is 0 Å². The minimum absolute atomic E-state index is 0. The summed E-state index contributed by atoms with van der Waals surface area (Å²) in [6.45, 7) is 0. The van der Waals surface area contributed by atoms with Gasteiger partial charge in [0, 0.05) is 33.8 Å². The van der Waals surface area contributed by atoms with Gasteiger partial charge in [-0.15, -0.1) is 0 Å². The van der Waals surface area contributed by atoms with Gasteiger partial charge < -0.3 is 43.8 Å². The van der Waals surface area contributed by atoms with Gasteiger partial charge in [0.2, 0.25) is 0 Å². The predicted molar refractivity (Wildman–Crippen MR) is 28.9 cm³/mol. The van der Waals surface area contributed by atoms with Gasteiger partial charge >= 0.3 is 0 Å². The van der Waals surface area contributed by atoms with Crippen molar-refractivity contribution in [3.63, 3.8) is 0 Å². The van der Waals surface area contributed by atoms with Crippen LogP contribution >= 0.6 is 0 Å². The molecule has 0 aromatic carbocycles. The third-order valence-corrected chi connectivity index (χ3v) is 0. The Morgan fingerprint density at radius 1 is 0.300 bits per heavy atom. The van der Waals surface area contributed by atoms with Crippen molar-refractivity contribution in [2.24, 2.45) is 0 Å². The molecule has 10 heteroatoms. The van der Waals surface area contributed by atoms with Crippen molar-refractivity contribution in [1.82, 2.24) is 0 Å². The Balaban J connectivity index is 0. The average Bonchev–Trinajstić information content (AvgIpc) is 0. The van der Waals surface area contributed by atoms with Gasteiger partial charge in [-0.3, -0.25) is 0 Å². The fourth-order valence-corrected chi connectivity index (χ4v) is 0. The molecule has 0 aliphatic rings. The molecule has 8 nitrogen and oxygen atoms in total. The van der Waals surface area contributed by atoms with Gasteiger partial charge in [0.25, 0.3) is 0 Å². The Hall–Kier alpha value is 0.706. The van der Waals surface area contributed by atoms with Crippen molar-refractivity contribution in [2.45, 2.75) is 0 Å². The molecule has 0 atom stereocenters. The van der Waals surface area contributed by atoms with Crippen LogP contribution in [0.25, 0.3) is 0 Å². The monoisotopic (exact) mass is 258 g/mol. The molecule has 0 saturated carbocycles. The van der Waals surface area contributed by atoms with E-state index in [1.807, 2.05) is 0 Å². The summed E-state index contributed by atoms with van der Waals surface area (Å²) in [7, 11) is 0. The van der Waals surface area contributed by atoms with E-state index >= 15 is 0 Å². The van der Waals surface area contributed by atoms with Gasteiger partial charge in [-0.05, 0) is 0 Å². The quantitative estimate of drug-likeness (QED) is 0.367. The molecule has 0 aromatic heterocycles. The molecule has 80 valence electrons. The van der Waals surface area contributed by atoms with Crippen LogP contribution in [0.3, 0.4) is 0 Å². The molecular weight excluding hydrogens is 242 g/mol. The van der Waals surface area contributed by atoms with Gasteiger partial charge in [0.15, 0.2) is 0 Å². The van der Waals surface area contributed by atoms with E-state index in [4.69, 9.17) is 0 Å². The maximum absolute atomic E-state index is 0. The summed E-state index contributed by atoms with van der Waals surface area (Å²) in [5, 5.41) is 0. The summed E-state index contributed by atoms with van der Waals surface area (Å²) in [6, 6.07) is 0. The first kappa shape index (κ1) is 2020. The van der Waals surface area contributed by atoms with Gasteiger partial charge in [-0.25, -0.2) is 0 Å². The van der Waals surface area contributed by atoms with Crippen LogP contribution in [0, 0.1) is 0 Å². The summed E-state index contributed by atoms with van der Waals surface area (Å²) in [5.74, 6) is 0. The molecule has 0 fully saturated rings. The zero-order valence-electron chi connectivity index (χ0n) is 4.71. The second kappa shape index (κ2) is 1480. The maximum Gasteiger partial charge on any atom is 0 e. The van der Waals surface area contributed by atoms with Crippen molar-refractivity contribution in [2.75, 3.05) is 0 Å². The molecule has 0 aliphatic carbocycles. The van der Waals surface area contributed by atoms with Gasteiger partial charge in [-0.1, -0.05) is 0 Å². The number of hydrogen-bond donors (Lipinski definition) is 0. The van der Waals surface area contributed by atoms with Gasteiger partial charge in [0.1, 0.15) is 0 Å². The Labute approximate surface area is 78.1 Å². The van der Waals surface area contributed by atoms with Crippen molar-refractivity contribution < 1.29 is 77.7 Å². The third kappa shape index (κ3) is 1040. The molecule has 0 amide bonds. The zero-order chi connectivity index (χ0) is 0. The van der Waals surface area contributed by atoms with Crippen molar-refractivity contribution in [3.05, 3.63) is 0 Å². The van der Waals surface area contributed by atoms with Crippen LogP contribution in [0.5, 0.6) is 0 Å². The first-order chi connectivity index (χ1) is 0. The first-order valence-electron chi connectivity index (χ1n) is 0. The Kier molecular flexibility index (Phi) is 299000. The van der Waals surface area contributed by atoms with Crippen LogP contribution in [0.1, 0.15) is 0 Å². The first-order valence-corrected chi connectivity index (χ1v) is 0. The second-order valence-electron chi connectivity index (χ2n) is 0. The fraction of sp³-hybridized carbons (Fsp3) is 0. The maximum atomic E-state index is 0. The molecule has 16 N–H and O–H groups in total. The normalized spacial score (nSPS) is 0. The predicted octanol–water partition coefficient (Wildman–Crippen LogP) is -6.60. The van der Waals surface area contributed by atoms with Gasteiger partial charge in [0.05, 0.1) is 0 Å². The van der Waals surface area contributed by atoms with Crippen LogP contribution in [0.4, 0.5) is 0 Å². The largest absolute Gasteiger partial charge is 0.412 e.